The van der Waals surface area contributed by atoms with E-state index in [4.69, 9.17) is 20.1 Å². The number of anilines is 1. The Morgan fingerprint density at radius 2 is 2.38 bits per heavy atom. The predicted molar refractivity (Wildman–Crippen MR) is 55.8 cm³/mol. The van der Waals surface area contributed by atoms with Crippen LogP contribution in [-0.4, -0.2) is 36.4 Å². The summed E-state index contributed by atoms with van der Waals surface area (Å²) in [5, 5.41) is 0. The van der Waals surface area contributed by atoms with Crippen LogP contribution < -0.4 is 16.0 Å². The highest BCUT2D eigenvalue weighted by Crippen LogP contribution is 2.17. The molecule has 2 heterocycles. The lowest BCUT2D eigenvalue weighted by atomic mass is 10.3. The smallest absolute Gasteiger partial charge is 0.219 e. The maximum atomic E-state index is 5.55. The Balaban J connectivity index is 2.11. The van der Waals surface area contributed by atoms with E-state index in [-0.39, 0.29) is 6.10 Å². The molecule has 0 amide bonds. The summed E-state index contributed by atoms with van der Waals surface area (Å²) in [4.78, 5) is 8.29. The molecule has 1 fully saturated rings. The molecule has 0 radical (unpaired) electrons. The summed E-state index contributed by atoms with van der Waals surface area (Å²) >= 11 is 0. The van der Waals surface area contributed by atoms with Crippen LogP contribution in [0.3, 0.4) is 0 Å². The van der Waals surface area contributed by atoms with Crippen molar-refractivity contribution in [3.8, 4) is 5.88 Å². The van der Waals surface area contributed by atoms with Crippen molar-refractivity contribution in [1.82, 2.24) is 9.97 Å². The molecule has 88 valence electrons. The number of nitrogens with one attached hydrogen (secondary N) is 1. The minimum absolute atomic E-state index is 0.0657. The molecule has 0 atom stereocenters. The molecule has 7 heteroatoms. The lowest BCUT2D eigenvalue weighted by Gasteiger charge is -2.26. The van der Waals surface area contributed by atoms with Gasteiger partial charge in [0.2, 0.25) is 5.88 Å². The fraction of sp³-hybridized carbons (Fsp3) is 0.556. The van der Waals surface area contributed by atoms with Crippen LogP contribution in [0.4, 0.5) is 5.82 Å². The van der Waals surface area contributed by atoms with Gasteiger partial charge in [0.25, 0.3) is 0 Å². The van der Waals surface area contributed by atoms with Gasteiger partial charge in [0, 0.05) is 13.2 Å². The molecule has 0 saturated carbocycles. The molecular weight excluding hydrogens is 212 g/mol. The summed E-state index contributed by atoms with van der Waals surface area (Å²) in [7, 11) is 1.58. The molecule has 0 aliphatic carbocycles. The fourth-order valence-electron chi connectivity index (χ4n) is 1.25. The highest BCUT2D eigenvalue weighted by Gasteiger charge is 2.21. The van der Waals surface area contributed by atoms with E-state index in [0.717, 1.165) is 0 Å². The van der Waals surface area contributed by atoms with Crippen LogP contribution in [0.5, 0.6) is 5.88 Å². The van der Waals surface area contributed by atoms with Crippen LogP contribution in [0.25, 0.3) is 0 Å². The Hall–Kier alpha value is -1.44. The first-order valence-corrected chi connectivity index (χ1v) is 4.89. The second-order valence-corrected chi connectivity index (χ2v) is 3.36. The van der Waals surface area contributed by atoms with Gasteiger partial charge in [-0.2, -0.15) is 4.98 Å². The van der Waals surface area contributed by atoms with Gasteiger partial charge in [-0.1, -0.05) is 0 Å². The van der Waals surface area contributed by atoms with Gasteiger partial charge in [0.15, 0.2) is 5.82 Å². The highest BCUT2D eigenvalue weighted by molar-refractivity contribution is 5.37. The molecule has 16 heavy (non-hydrogen) atoms. The lowest BCUT2D eigenvalue weighted by Crippen LogP contribution is -2.38. The molecule has 1 saturated heterocycles. The number of rotatable bonds is 5. The van der Waals surface area contributed by atoms with Crippen molar-refractivity contribution in [3.05, 3.63) is 11.9 Å². The van der Waals surface area contributed by atoms with Gasteiger partial charge in [-0.05, 0) is 0 Å². The molecule has 1 aromatic rings. The topological polar surface area (TPSA) is 91.5 Å². The number of methoxy groups -OCH3 is 1. The molecule has 1 aliphatic rings. The van der Waals surface area contributed by atoms with E-state index in [9.17, 15) is 0 Å². The van der Waals surface area contributed by atoms with E-state index in [1.165, 1.54) is 0 Å². The summed E-state index contributed by atoms with van der Waals surface area (Å²) in [6.45, 7) is 1.50. The number of aromatic nitrogens is 2. The molecule has 0 unspecified atom stereocenters. The summed E-state index contributed by atoms with van der Waals surface area (Å²) < 4.78 is 15.5. The Bertz CT molecular complexity index is 357. The van der Waals surface area contributed by atoms with Gasteiger partial charge in [-0.25, -0.2) is 10.8 Å². The minimum Gasteiger partial charge on any atom is -0.469 e. The van der Waals surface area contributed by atoms with Gasteiger partial charge in [-0.15, -0.1) is 0 Å². The van der Waals surface area contributed by atoms with E-state index in [1.807, 2.05) is 0 Å². The predicted octanol–water partition coefficient (Wildman–Crippen LogP) is -0.314. The molecule has 1 aliphatic heterocycles. The van der Waals surface area contributed by atoms with E-state index in [2.05, 4.69) is 15.4 Å². The van der Waals surface area contributed by atoms with Gasteiger partial charge >= 0.3 is 0 Å². The van der Waals surface area contributed by atoms with Crippen LogP contribution in [-0.2, 0) is 16.1 Å². The molecule has 0 spiro atoms. The zero-order valence-electron chi connectivity index (χ0n) is 8.97. The van der Waals surface area contributed by atoms with Crippen molar-refractivity contribution in [1.29, 1.82) is 0 Å². The number of hydrogen-bond acceptors (Lipinski definition) is 7. The number of nitrogen functional groups attached to an aromatic ring is 1. The molecule has 2 rings (SSSR count). The number of nitrogens with zero attached hydrogens (tertiary/aromatic N) is 2. The highest BCUT2D eigenvalue weighted by atomic mass is 16.6. The van der Waals surface area contributed by atoms with Crippen LogP contribution >= 0.6 is 0 Å². The molecule has 7 nitrogen and oxygen atoms in total. The van der Waals surface area contributed by atoms with Crippen LogP contribution in [0.2, 0.25) is 0 Å². The quantitative estimate of drug-likeness (QED) is 0.525. The third-order valence-electron chi connectivity index (χ3n) is 2.07. The normalized spacial score (nSPS) is 15.6. The molecule has 3 N–H and O–H groups in total. The Labute approximate surface area is 92.9 Å². The van der Waals surface area contributed by atoms with Crippen molar-refractivity contribution in [2.75, 3.05) is 25.7 Å². The monoisotopic (exact) mass is 226 g/mol. The van der Waals surface area contributed by atoms with Gasteiger partial charge in [-0.3, -0.25) is 0 Å². The van der Waals surface area contributed by atoms with Crippen LogP contribution in [0, 0.1) is 0 Å². The van der Waals surface area contributed by atoms with Crippen molar-refractivity contribution >= 4 is 5.82 Å². The second kappa shape index (κ2) is 5.06. The molecular formula is C9H14N4O3. The van der Waals surface area contributed by atoms with E-state index in [0.29, 0.717) is 37.3 Å². The maximum absolute atomic E-state index is 5.55. The van der Waals surface area contributed by atoms with Crippen molar-refractivity contribution in [2.24, 2.45) is 5.84 Å². The van der Waals surface area contributed by atoms with Crippen molar-refractivity contribution in [3.63, 3.8) is 0 Å². The second-order valence-electron chi connectivity index (χ2n) is 3.36. The van der Waals surface area contributed by atoms with Crippen molar-refractivity contribution < 1.29 is 14.2 Å². The first-order chi connectivity index (χ1) is 7.81. The van der Waals surface area contributed by atoms with Crippen LogP contribution in [0.1, 0.15) is 5.82 Å². The summed E-state index contributed by atoms with van der Waals surface area (Å²) in [5.74, 6) is 6.79. The Morgan fingerprint density at radius 1 is 1.56 bits per heavy atom. The lowest BCUT2D eigenvalue weighted by molar-refractivity contribution is -0.0814. The number of ether oxygens (including phenoxy) is 3. The molecule has 1 aromatic heterocycles. The zero-order chi connectivity index (χ0) is 11.4. The van der Waals surface area contributed by atoms with Gasteiger partial charge in [0.1, 0.15) is 18.5 Å². The zero-order valence-corrected chi connectivity index (χ0v) is 8.97. The number of hydrazine groups is 1. The van der Waals surface area contributed by atoms with Crippen molar-refractivity contribution in [2.45, 2.75) is 12.7 Å². The maximum Gasteiger partial charge on any atom is 0.219 e. The van der Waals surface area contributed by atoms with E-state index in [1.54, 1.807) is 13.2 Å². The number of nitrogens with two attached hydrogens (primary N) is 1. The summed E-state index contributed by atoms with van der Waals surface area (Å²) in [6, 6.07) is 1.64. The Kier molecular flexibility index (Phi) is 3.50. The SMILES string of the molecule is COCc1nc(NN)cc(OC2COC2)n1. The molecule has 0 aromatic carbocycles. The van der Waals surface area contributed by atoms with Gasteiger partial charge in [0.05, 0.1) is 13.2 Å². The first-order valence-electron chi connectivity index (χ1n) is 4.89. The summed E-state index contributed by atoms with van der Waals surface area (Å²) in [6.07, 6.45) is 0.0657. The average molecular weight is 226 g/mol. The third kappa shape index (κ3) is 2.57. The fourth-order valence-corrected chi connectivity index (χ4v) is 1.25. The van der Waals surface area contributed by atoms with E-state index < -0.39 is 0 Å². The third-order valence-corrected chi connectivity index (χ3v) is 2.07. The first kappa shape index (κ1) is 11.1. The minimum atomic E-state index is 0.0657. The van der Waals surface area contributed by atoms with E-state index >= 15 is 0 Å². The number of hydrogen-bond donors (Lipinski definition) is 2. The Morgan fingerprint density at radius 3 is 2.94 bits per heavy atom. The average Bonchev–Trinajstić information content (AvgIpc) is 2.24. The summed E-state index contributed by atoms with van der Waals surface area (Å²) in [5.41, 5.74) is 2.46. The molecule has 0 bridgehead atoms. The van der Waals surface area contributed by atoms with Crippen LogP contribution in [0.15, 0.2) is 6.07 Å². The largest absolute Gasteiger partial charge is 0.469 e. The standard InChI is InChI=1S/C9H14N4O3/c1-14-5-8-11-7(13-10)2-9(12-8)16-6-3-15-4-6/h2,6H,3-5,10H2,1H3,(H,11,12,13). The van der Waals surface area contributed by atoms with Gasteiger partial charge < -0.3 is 19.6 Å².